The topological polar surface area (TPSA) is 15.3 Å². The highest BCUT2D eigenvalue weighted by molar-refractivity contribution is 7.11. The first-order valence-electron chi connectivity index (χ1n) is 8.16. The summed E-state index contributed by atoms with van der Waals surface area (Å²) in [5.41, 5.74) is 0. The van der Waals surface area contributed by atoms with Crippen LogP contribution in [0.25, 0.3) is 0 Å². The van der Waals surface area contributed by atoms with E-state index in [1.807, 2.05) is 11.3 Å². The molecule has 2 unspecified atom stereocenters. The molecule has 2 atom stereocenters. The van der Waals surface area contributed by atoms with Crippen LogP contribution in [0.5, 0.6) is 0 Å². The van der Waals surface area contributed by atoms with Crippen LogP contribution in [0.1, 0.15) is 42.9 Å². The standard InChI is InChI=1S/C17H28N2S/c1-12(2)19-10-14-5-4-6-15(11-19)17(14)18-9-16-8-7-13(3)20-16/h7-8,12,14-15,17-18H,4-6,9-11H2,1-3H3. The third-order valence-corrected chi connectivity index (χ3v) is 6.14. The Kier molecular flexibility index (Phi) is 4.49. The molecule has 20 heavy (non-hydrogen) atoms. The van der Waals surface area contributed by atoms with Crippen LogP contribution in [0.3, 0.4) is 0 Å². The molecule has 2 aliphatic rings. The number of hydrogen-bond acceptors (Lipinski definition) is 3. The lowest BCUT2D eigenvalue weighted by Gasteiger charge is -2.49. The number of thiophene rings is 1. The molecule has 0 aromatic carbocycles. The minimum absolute atomic E-state index is 0.707. The molecule has 0 radical (unpaired) electrons. The molecule has 1 N–H and O–H groups in total. The molecule has 2 bridgehead atoms. The minimum Gasteiger partial charge on any atom is -0.308 e. The Balaban J connectivity index is 1.61. The Hall–Kier alpha value is -0.380. The molecule has 1 saturated carbocycles. The number of rotatable bonds is 4. The van der Waals surface area contributed by atoms with Crippen molar-refractivity contribution in [1.82, 2.24) is 10.2 Å². The SMILES string of the molecule is Cc1ccc(CNC2C3CCCC2CN(C(C)C)C3)s1. The maximum Gasteiger partial charge on any atom is 0.0302 e. The van der Waals surface area contributed by atoms with Gasteiger partial charge in [0, 0.05) is 41.5 Å². The van der Waals surface area contributed by atoms with Crippen molar-refractivity contribution in [2.75, 3.05) is 13.1 Å². The largest absolute Gasteiger partial charge is 0.308 e. The van der Waals surface area contributed by atoms with E-state index in [0.29, 0.717) is 6.04 Å². The monoisotopic (exact) mass is 292 g/mol. The highest BCUT2D eigenvalue weighted by Gasteiger charge is 2.39. The second-order valence-electron chi connectivity index (χ2n) is 6.92. The molecule has 3 rings (SSSR count). The van der Waals surface area contributed by atoms with Crippen molar-refractivity contribution < 1.29 is 0 Å². The van der Waals surface area contributed by atoms with Gasteiger partial charge < -0.3 is 10.2 Å². The quantitative estimate of drug-likeness (QED) is 0.911. The van der Waals surface area contributed by atoms with Gasteiger partial charge in [-0.15, -0.1) is 11.3 Å². The second kappa shape index (κ2) is 6.17. The van der Waals surface area contributed by atoms with E-state index in [9.17, 15) is 0 Å². The van der Waals surface area contributed by atoms with E-state index in [4.69, 9.17) is 0 Å². The number of fused-ring (bicyclic) bond motifs is 2. The number of aryl methyl sites for hydroxylation is 1. The summed E-state index contributed by atoms with van der Waals surface area (Å²) in [6, 6.07) is 5.98. The van der Waals surface area contributed by atoms with Crippen molar-refractivity contribution in [2.24, 2.45) is 11.8 Å². The molecule has 2 fully saturated rings. The number of nitrogens with one attached hydrogen (secondary N) is 1. The van der Waals surface area contributed by atoms with E-state index in [0.717, 1.165) is 24.4 Å². The molecule has 0 spiro atoms. The van der Waals surface area contributed by atoms with Gasteiger partial charge in [-0.25, -0.2) is 0 Å². The van der Waals surface area contributed by atoms with Crippen LogP contribution in [0.15, 0.2) is 12.1 Å². The fourth-order valence-electron chi connectivity index (χ4n) is 4.03. The second-order valence-corrected chi connectivity index (χ2v) is 8.29. The Morgan fingerprint density at radius 2 is 1.95 bits per heavy atom. The van der Waals surface area contributed by atoms with Crippen LogP contribution >= 0.6 is 11.3 Å². The molecule has 1 saturated heterocycles. The molecule has 3 heteroatoms. The zero-order chi connectivity index (χ0) is 14.1. The van der Waals surface area contributed by atoms with E-state index >= 15 is 0 Å². The molecular weight excluding hydrogens is 264 g/mol. The fraction of sp³-hybridized carbons (Fsp3) is 0.765. The fourth-order valence-corrected chi connectivity index (χ4v) is 4.87. The third-order valence-electron chi connectivity index (χ3n) is 5.14. The number of hydrogen-bond donors (Lipinski definition) is 1. The van der Waals surface area contributed by atoms with Gasteiger partial charge >= 0.3 is 0 Å². The molecular formula is C17H28N2S. The summed E-state index contributed by atoms with van der Waals surface area (Å²) in [7, 11) is 0. The van der Waals surface area contributed by atoms with E-state index in [-0.39, 0.29) is 0 Å². The summed E-state index contributed by atoms with van der Waals surface area (Å²) in [6.45, 7) is 10.6. The Labute approximate surface area is 127 Å². The van der Waals surface area contributed by atoms with Crippen LogP contribution < -0.4 is 5.32 Å². The average molecular weight is 292 g/mol. The first kappa shape index (κ1) is 14.6. The van der Waals surface area contributed by atoms with Gasteiger partial charge in [0.2, 0.25) is 0 Å². The molecule has 0 amide bonds. The molecule has 1 aliphatic carbocycles. The molecule has 1 aromatic rings. The zero-order valence-corrected chi connectivity index (χ0v) is 13.9. The molecule has 2 nitrogen and oxygen atoms in total. The highest BCUT2D eigenvalue weighted by atomic mass is 32.1. The number of likely N-dealkylation sites (tertiary alicyclic amines) is 1. The number of piperidine rings is 1. The predicted octanol–water partition coefficient (Wildman–Crippen LogP) is 3.66. The summed E-state index contributed by atoms with van der Waals surface area (Å²) in [5, 5.41) is 3.90. The van der Waals surface area contributed by atoms with Gasteiger partial charge in [0.05, 0.1) is 0 Å². The van der Waals surface area contributed by atoms with Gasteiger partial charge in [0.25, 0.3) is 0 Å². The lowest BCUT2D eigenvalue weighted by atomic mass is 9.73. The maximum absolute atomic E-state index is 3.90. The van der Waals surface area contributed by atoms with Crippen LogP contribution in [-0.4, -0.2) is 30.1 Å². The van der Waals surface area contributed by atoms with Crippen molar-refractivity contribution in [1.29, 1.82) is 0 Å². The first-order valence-corrected chi connectivity index (χ1v) is 8.98. The van der Waals surface area contributed by atoms with Crippen molar-refractivity contribution in [3.05, 3.63) is 21.9 Å². The van der Waals surface area contributed by atoms with Crippen LogP contribution in [0, 0.1) is 18.8 Å². The Bertz CT molecular complexity index is 426. The Morgan fingerprint density at radius 3 is 2.50 bits per heavy atom. The van der Waals surface area contributed by atoms with Gasteiger partial charge in [-0.2, -0.15) is 0 Å². The Morgan fingerprint density at radius 1 is 1.25 bits per heavy atom. The van der Waals surface area contributed by atoms with Gasteiger partial charge in [-0.05, 0) is 57.6 Å². The van der Waals surface area contributed by atoms with Crippen LogP contribution in [-0.2, 0) is 6.54 Å². The summed E-state index contributed by atoms with van der Waals surface area (Å²) >= 11 is 1.94. The smallest absolute Gasteiger partial charge is 0.0302 e. The first-order chi connectivity index (χ1) is 9.63. The maximum atomic E-state index is 3.90. The zero-order valence-electron chi connectivity index (χ0n) is 13.1. The van der Waals surface area contributed by atoms with Gasteiger partial charge in [-0.3, -0.25) is 0 Å². The number of nitrogens with zero attached hydrogens (tertiary/aromatic N) is 1. The normalized spacial score (nSPS) is 30.9. The van der Waals surface area contributed by atoms with E-state index in [1.54, 1.807) is 0 Å². The van der Waals surface area contributed by atoms with E-state index in [1.165, 1.54) is 42.1 Å². The lowest BCUT2D eigenvalue weighted by molar-refractivity contribution is 0.0291. The summed E-state index contributed by atoms with van der Waals surface area (Å²) in [5.74, 6) is 1.73. The van der Waals surface area contributed by atoms with Crippen LogP contribution in [0.4, 0.5) is 0 Å². The average Bonchev–Trinajstić information content (AvgIpc) is 2.81. The van der Waals surface area contributed by atoms with Crippen molar-refractivity contribution >= 4 is 11.3 Å². The van der Waals surface area contributed by atoms with Crippen molar-refractivity contribution in [3.8, 4) is 0 Å². The van der Waals surface area contributed by atoms with Gasteiger partial charge in [0.15, 0.2) is 0 Å². The molecule has 1 aliphatic heterocycles. The molecule has 112 valence electrons. The van der Waals surface area contributed by atoms with Crippen molar-refractivity contribution in [3.63, 3.8) is 0 Å². The van der Waals surface area contributed by atoms with E-state index in [2.05, 4.69) is 43.1 Å². The predicted molar refractivity (Wildman–Crippen MR) is 87.2 cm³/mol. The van der Waals surface area contributed by atoms with Crippen molar-refractivity contribution in [2.45, 2.75) is 58.7 Å². The summed E-state index contributed by atoms with van der Waals surface area (Å²) in [6.07, 6.45) is 4.28. The highest BCUT2D eigenvalue weighted by Crippen LogP contribution is 2.36. The van der Waals surface area contributed by atoms with Gasteiger partial charge in [-0.1, -0.05) is 6.42 Å². The minimum atomic E-state index is 0.707. The van der Waals surface area contributed by atoms with Crippen LogP contribution in [0.2, 0.25) is 0 Å². The summed E-state index contributed by atoms with van der Waals surface area (Å²) in [4.78, 5) is 5.62. The molecule has 2 heterocycles. The molecule has 1 aromatic heterocycles. The van der Waals surface area contributed by atoms with Gasteiger partial charge in [0.1, 0.15) is 0 Å². The lowest BCUT2D eigenvalue weighted by Crippen LogP contribution is -2.58. The van der Waals surface area contributed by atoms with E-state index < -0.39 is 0 Å². The third kappa shape index (κ3) is 3.10. The summed E-state index contributed by atoms with van der Waals surface area (Å²) < 4.78 is 0.